The highest BCUT2D eigenvalue weighted by molar-refractivity contribution is 5.99. The van der Waals surface area contributed by atoms with E-state index in [1.165, 1.54) is 6.42 Å². The van der Waals surface area contributed by atoms with E-state index in [1.807, 2.05) is 31.2 Å². The third kappa shape index (κ3) is 1.41. The molecule has 1 aromatic rings. The lowest BCUT2D eigenvalue weighted by Gasteiger charge is -2.40. The number of aryl methyl sites for hydroxylation is 1. The van der Waals surface area contributed by atoms with Crippen LogP contribution in [0.5, 0.6) is 0 Å². The number of amides is 1. The lowest BCUT2D eigenvalue weighted by molar-refractivity contribution is -0.149. The molecule has 0 aromatic heterocycles. The summed E-state index contributed by atoms with van der Waals surface area (Å²) in [5.74, 6) is 0.695. The lowest BCUT2D eigenvalue weighted by atomic mass is 9.66. The first-order valence-corrected chi connectivity index (χ1v) is 7.93. The van der Waals surface area contributed by atoms with Crippen LogP contribution < -0.4 is 5.32 Å². The molecule has 2 aliphatic carbocycles. The Balaban J connectivity index is 1.66. The zero-order valence-electron chi connectivity index (χ0n) is 13.0. The summed E-state index contributed by atoms with van der Waals surface area (Å²) < 4.78 is 6.13. The maximum absolute atomic E-state index is 13.0. The molecule has 4 bridgehead atoms. The van der Waals surface area contributed by atoms with Crippen LogP contribution in [0.3, 0.4) is 0 Å². The smallest absolute Gasteiger partial charge is 0.257 e. The molecule has 4 atom stereocenters. The van der Waals surface area contributed by atoms with E-state index < -0.39 is 5.60 Å². The van der Waals surface area contributed by atoms with Crippen molar-refractivity contribution in [3.05, 3.63) is 29.8 Å². The molecule has 0 spiro atoms. The lowest BCUT2D eigenvalue weighted by Crippen LogP contribution is -2.52. The monoisotopic (exact) mass is 285 g/mol. The van der Waals surface area contributed by atoms with Gasteiger partial charge in [0.2, 0.25) is 0 Å². The number of carbonyl (C=O) groups excluding carboxylic acids is 1. The Labute approximate surface area is 126 Å². The van der Waals surface area contributed by atoms with Crippen molar-refractivity contribution in [1.82, 2.24) is 0 Å². The summed E-state index contributed by atoms with van der Waals surface area (Å²) in [7, 11) is 0. The SMILES string of the molecule is Cc1cccc(NC(=O)C23CC4CCC2(C)C4(C)CO3)c1. The summed E-state index contributed by atoms with van der Waals surface area (Å²) in [5.41, 5.74) is 1.57. The highest BCUT2D eigenvalue weighted by Crippen LogP contribution is 2.75. The van der Waals surface area contributed by atoms with Gasteiger partial charge in [0.25, 0.3) is 5.91 Å². The first-order valence-electron chi connectivity index (χ1n) is 7.93. The standard InChI is InChI=1S/C18H23NO2/c1-12-5-4-6-14(9-12)19-15(20)18-10-13-7-8-17(18,3)16(13,2)11-21-18/h4-6,9,13H,7-8,10-11H2,1-3H3,(H,19,20). The molecule has 4 unspecified atom stereocenters. The second-order valence-corrected chi connectivity index (χ2v) is 7.63. The quantitative estimate of drug-likeness (QED) is 0.902. The van der Waals surface area contributed by atoms with Gasteiger partial charge < -0.3 is 10.1 Å². The van der Waals surface area contributed by atoms with Gasteiger partial charge in [-0.1, -0.05) is 26.0 Å². The molecule has 1 heterocycles. The van der Waals surface area contributed by atoms with Gasteiger partial charge in [0.1, 0.15) is 0 Å². The zero-order valence-corrected chi connectivity index (χ0v) is 13.0. The minimum absolute atomic E-state index is 0.0153. The normalized spacial score (nSPS) is 43.3. The number of hydrogen-bond acceptors (Lipinski definition) is 2. The number of rotatable bonds is 2. The fourth-order valence-corrected chi connectivity index (χ4v) is 5.21. The molecule has 112 valence electrons. The van der Waals surface area contributed by atoms with Crippen LogP contribution in [0.1, 0.15) is 38.7 Å². The Morgan fingerprint density at radius 2 is 2.19 bits per heavy atom. The second-order valence-electron chi connectivity index (χ2n) is 7.63. The van der Waals surface area contributed by atoms with Crippen LogP contribution in [0.25, 0.3) is 0 Å². The summed E-state index contributed by atoms with van der Waals surface area (Å²) in [5, 5.41) is 3.11. The summed E-state index contributed by atoms with van der Waals surface area (Å²) in [6, 6.07) is 7.98. The molecule has 1 N–H and O–H groups in total. The Morgan fingerprint density at radius 1 is 1.38 bits per heavy atom. The van der Waals surface area contributed by atoms with Gasteiger partial charge in [0.05, 0.1) is 6.61 Å². The summed E-state index contributed by atoms with van der Waals surface area (Å²) in [6.07, 6.45) is 3.24. The van der Waals surface area contributed by atoms with E-state index in [0.29, 0.717) is 5.92 Å². The molecule has 1 aromatic carbocycles. The predicted octanol–water partition coefficient (Wildman–Crippen LogP) is 3.53. The van der Waals surface area contributed by atoms with Crippen LogP contribution >= 0.6 is 0 Å². The molecule has 2 saturated carbocycles. The first-order chi connectivity index (χ1) is 9.91. The van der Waals surface area contributed by atoms with E-state index in [-0.39, 0.29) is 16.7 Å². The highest BCUT2D eigenvalue weighted by Gasteiger charge is 2.78. The van der Waals surface area contributed by atoms with Gasteiger partial charge in [-0.3, -0.25) is 4.79 Å². The number of benzene rings is 1. The van der Waals surface area contributed by atoms with Crippen molar-refractivity contribution in [3.63, 3.8) is 0 Å². The highest BCUT2D eigenvalue weighted by atomic mass is 16.5. The van der Waals surface area contributed by atoms with Gasteiger partial charge in [-0.25, -0.2) is 0 Å². The van der Waals surface area contributed by atoms with Gasteiger partial charge in [0.15, 0.2) is 5.60 Å². The summed E-state index contributed by atoms with van der Waals surface area (Å²) in [6.45, 7) is 7.35. The molecule has 21 heavy (non-hydrogen) atoms. The molecule has 3 nitrogen and oxygen atoms in total. The number of ether oxygens (including phenoxy) is 1. The molecule has 3 aliphatic rings. The minimum Gasteiger partial charge on any atom is -0.364 e. The van der Waals surface area contributed by atoms with Crippen molar-refractivity contribution in [2.75, 3.05) is 11.9 Å². The van der Waals surface area contributed by atoms with Gasteiger partial charge in [-0.05, 0) is 49.8 Å². The Hall–Kier alpha value is -1.35. The Bertz CT molecular complexity index is 627. The number of carbonyl (C=O) groups is 1. The maximum atomic E-state index is 13.0. The van der Waals surface area contributed by atoms with Gasteiger partial charge in [-0.2, -0.15) is 0 Å². The Kier molecular flexibility index (Phi) is 2.47. The van der Waals surface area contributed by atoms with Crippen molar-refractivity contribution in [2.24, 2.45) is 16.7 Å². The zero-order chi connectivity index (χ0) is 14.9. The summed E-state index contributed by atoms with van der Waals surface area (Å²) in [4.78, 5) is 13.0. The molecular formula is C18H23NO2. The minimum atomic E-state index is -0.617. The summed E-state index contributed by atoms with van der Waals surface area (Å²) >= 11 is 0. The van der Waals surface area contributed by atoms with E-state index in [0.717, 1.165) is 30.7 Å². The molecule has 0 radical (unpaired) electrons. The predicted molar refractivity (Wildman–Crippen MR) is 82.0 cm³/mol. The van der Waals surface area contributed by atoms with Crippen molar-refractivity contribution in [3.8, 4) is 0 Å². The van der Waals surface area contributed by atoms with E-state index in [9.17, 15) is 4.79 Å². The van der Waals surface area contributed by atoms with Crippen molar-refractivity contribution >= 4 is 11.6 Å². The van der Waals surface area contributed by atoms with Crippen LogP contribution in [0.4, 0.5) is 5.69 Å². The topological polar surface area (TPSA) is 38.3 Å². The second kappa shape index (κ2) is 3.89. The van der Waals surface area contributed by atoms with Crippen molar-refractivity contribution in [1.29, 1.82) is 0 Å². The van der Waals surface area contributed by atoms with Crippen molar-refractivity contribution in [2.45, 2.75) is 45.6 Å². The number of hydrogen-bond donors (Lipinski definition) is 1. The van der Waals surface area contributed by atoms with Gasteiger partial charge >= 0.3 is 0 Å². The fourth-order valence-electron chi connectivity index (χ4n) is 5.21. The molecule has 4 rings (SSSR count). The molecule has 3 fully saturated rings. The average Bonchev–Trinajstić information content (AvgIpc) is 2.91. The fraction of sp³-hybridized carbons (Fsp3) is 0.611. The van der Waals surface area contributed by atoms with Crippen LogP contribution in [0, 0.1) is 23.7 Å². The van der Waals surface area contributed by atoms with Gasteiger partial charge in [-0.15, -0.1) is 0 Å². The van der Waals surface area contributed by atoms with E-state index in [4.69, 9.17) is 4.74 Å². The van der Waals surface area contributed by atoms with E-state index in [1.54, 1.807) is 0 Å². The molecule has 1 amide bonds. The molecular weight excluding hydrogens is 262 g/mol. The van der Waals surface area contributed by atoms with Crippen LogP contribution in [0.15, 0.2) is 24.3 Å². The molecule has 3 heteroatoms. The third-order valence-electron chi connectivity index (χ3n) is 6.84. The third-order valence-corrected chi connectivity index (χ3v) is 6.84. The average molecular weight is 285 g/mol. The molecule has 1 saturated heterocycles. The van der Waals surface area contributed by atoms with E-state index >= 15 is 0 Å². The molecule has 1 aliphatic heterocycles. The van der Waals surface area contributed by atoms with E-state index in [2.05, 4.69) is 19.2 Å². The number of anilines is 1. The van der Waals surface area contributed by atoms with Gasteiger partial charge in [0, 0.05) is 16.5 Å². The van der Waals surface area contributed by atoms with Crippen LogP contribution in [-0.4, -0.2) is 18.1 Å². The maximum Gasteiger partial charge on any atom is 0.257 e. The van der Waals surface area contributed by atoms with Crippen LogP contribution in [0.2, 0.25) is 0 Å². The number of nitrogens with one attached hydrogen (secondary N) is 1. The largest absolute Gasteiger partial charge is 0.364 e. The Morgan fingerprint density at radius 3 is 2.86 bits per heavy atom. The van der Waals surface area contributed by atoms with Crippen molar-refractivity contribution < 1.29 is 9.53 Å². The first kappa shape index (κ1) is 13.3. The van der Waals surface area contributed by atoms with Crippen LogP contribution in [-0.2, 0) is 9.53 Å².